The lowest BCUT2D eigenvalue weighted by Crippen LogP contribution is -2.00. The molecule has 0 aliphatic rings. The summed E-state index contributed by atoms with van der Waals surface area (Å²) in [5, 5.41) is 6.01. The Kier molecular flexibility index (Phi) is 5.29. The van der Waals surface area contributed by atoms with E-state index in [1.165, 1.54) is 6.07 Å². The Bertz CT molecular complexity index is 1110. The lowest BCUT2D eigenvalue weighted by molar-refractivity contribution is 0.483. The van der Waals surface area contributed by atoms with Gasteiger partial charge in [-0.25, -0.2) is 13.8 Å². The summed E-state index contributed by atoms with van der Waals surface area (Å²) in [4.78, 5) is 8.50. The molecule has 5 nitrogen and oxygen atoms in total. The van der Waals surface area contributed by atoms with Crippen molar-refractivity contribution in [2.75, 3.05) is 10.6 Å². The van der Waals surface area contributed by atoms with Crippen LogP contribution in [0.1, 0.15) is 0 Å². The van der Waals surface area contributed by atoms with E-state index in [0.29, 0.717) is 23.2 Å². The van der Waals surface area contributed by atoms with Gasteiger partial charge in [-0.3, -0.25) is 0 Å². The lowest BCUT2D eigenvalue weighted by atomic mass is 10.3. The number of hydrogen-bond acceptors (Lipinski definition) is 5. The molecule has 3 aromatic carbocycles. The highest BCUT2D eigenvalue weighted by molar-refractivity contribution is 5.60. The number of halogens is 2. The fourth-order valence-electron chi connectivity index (χ4n) is 2.57. The van der Waals surface area contributed by atoms with Crippen LogP contribution in [0.15, 0.2) is 85.1 Å². The molecular weight excluding hydrogens is 374 g/mol. The Labute approximate surface area is 166 Å². The van der Waals surface area contributed by atoms with Crippen molar-refractivity contribution in [1.82, 2.24) is 9.97 Å². The summed E-state index contributed by atoms with van der Waals surface area (Å²) < 4.78 is 32.2. The first-order valence-corrected chi connectivity index (χ1v) is 8.81. The maximum Gasteiger partial charge on any atom is 0.229 e. The van der Waals surface area contributed by atoms with Crippen LogP contribution in [0.4, 0.5) is 31.9 Å². The molecule has 0 saturated carbocycles. The van der Waals surface area contributed by atoms with Crippen molar-refractivity contribution in [2.45, 2.75) is 0 Å². The molecule has 0 amide bonds. The molecule has 0 bridgehead atoms. The van der Waals surface area contributed by atoms with Gasteiger partial charge in [0.15, 0.2) is 11.6 Å². The molecule has 0 aliphatic carbocycles. The Morgan fingerprint density at radius 3 is 2.17 bits per heavy atom. The molecule has 29 heavy (non-hydrogen) atoms. The first kappa shape index (κ1) is 18.4. The van der Waals surface area contributed by atoms with Crippen molar-refractivity contribution in [3.05, 3.63) is 96.7 Å². The standard InChI is InChI=1S/C22H16F2N4O/c23-19-11-8-16(14-20(19)24)26-21-12-13-25-22(28-21)27-15-6-9-18(10-7-15)29-17-4-2-1-3-5-17/h1-14H,(H2,25,26,27,28). The number of nitrogens with zero attached hydrogens (tertiary/aromatic N) is 2. The zero-order chi connectivity index (χ0) is 20.1. The van der Waals surface area contributed by atoms with E-state index in [4.69, 9.17) is 4.74 Å². The largest absolute Gasteiger partial charge is 0.457 e. The summed E-state index contributed by atoms with van der Waals surface area (Å²) in [5.74, 6) is 0.427. The number of para-hydroxylation sites is 1. The maximum atomic E-state index is 13.3. The third kappa shape index (κ3) is 4.84. The van der Waals surface area contributed by atoms with Gasteiger partial charge in [0.25, 0.3) is 0 Å². The van der Waals surface area contributed by atoms with Gasteiger partial charge in [0.1, 0.15) is 17.3 Å². The van der Waals surface area contributed by atoms with Crippen LogP contribution in [0.2, 0.25) is 0 Å². The highest BCUT2D eigenvalue weighted by Crippen LogP contribution is 2.24. The summed E-state index contributed by atoms with van der Waals surface area (Å²) in [5.41, 5.74) is 1.16. The minimum Gasteiger partial charge on any atom is -0.457 e. The van der Waals surface area contributed by atoms with Gasteiger partial charge in [0.05, 0.1) is 0 Å². The highest BCUT2D eigenvalue weighted by atomic mass is 19.2. The van der Waals surface area contributed by atoms with E-state index in [2.05, 4.69) is 20.6 Å². The van der Waals surface area contributed by atoms with Gasteiger partial charge in [-0.05, 0) is 54.6 Å². The van der Waals surface area contributed by atoms with Crippen molar-refractivity contribution in [3.8, 4) is 11.5 Å². The molecule has 0 fully saturated rings. The minimum absolute atomic E-state index is 0.356. The van der Waals surface area contributed by atoms with E-state index in [0.717, 1.165) is 23.6 Å². The average Bonchev–Trinajstić information content (AvgIpc) is 2.73. The summed E-state index contributed by atoms with van der Waals surface area (Å²) in [6.07, 6.45) is 1.56. The van der Waals surface area contributed by atoms with Crippen molar-refractivity contribution in [3.63, 3.8) is 0 Å². The molecule has 2 N–H and O–H groups in total. The van der Waals surface area contributed by atoms with Crippen molar-refractivity contribution >= 4 is 23.1 Å². The smallest absolute Gasteiger partial charge is 0.229 e. The molecule has 4 rings (SSSR count). The van der Waals surface area contributed by atoms with Crippen molar-refractivity contribution < 1.29 is 13.5 Å². The van der Waals surface area contributed by atoms with E-state index < -0.39 is 11.6 Å². The topological polar surface area (TPSA) is 59.1 Å². The molecule has 7 heteroatoms. The number of benzene rings is 3. The van der Waals surface area contributed by atoms with Gasteiger partial charge >= 0.3 is 0 Å². The molecule has 0 unspecified atom stereocenters. The van der Waals surface area contributed by atoms with Gasteiger partial charge < -0.3 is 15.4 Å². The van der Waals surface area contributed by atoms with Crippen molar-refractivity contribution in [1.29, 1.82) is 0 Å². The molecule has 1 aromatic heterocycles. The van der Waals surface area contributed by atoms with Crippen LogP contribution in [0, 0.1) is 11.6 Å². The van der Waals surface area contributed by atoms with Crippen LogP contribution < -0.4 is 15.4 Å². The third-order valence-electron chi connectivity index (χ3n) is 3.94. The Morgan fingerprint density at radius 1 is 0.690 bits per heavy atom. The fourth-order valence-corrected chi connectivity index (χ4v) is 2.57. The second kappa shape index (κ2) is 8.35. The van der Waals surface area contributed by atoms with E-state index in [1.54, 1.807) is 12.3 Å². The molecule has 0 spiro atoms. The lowest BCUT2D eigenvalue weighted by Gasteiger charge is -2.10. The average molecular weight is 390 g/mol. The molecule has 0 saturated heterocycles. The zero-order valence-corrected chi connectivity index (χ0v) is 15.1. The number of nitrogens with one attached hydrogen (secondary N) is 2. The van der Waals surface area contributed by atoms with Gasteiger partial charge in [-0.2, -0.15) is 4.98 Å². The van der Waals surface area contributed by atoms with E-state index in [1.807, 2.05) is 54.6 Å². The Hall–Kier alpha value is -4.00. The fraction of sp³-hybridized carbons (Fsp3) is 0. The zero-order valence-electron chi connectivity index (χ0n) is 15.1. The quantitative estimate of drug-likeness (QED) is 0.421. The van der Waals surface area contributed by atoms with Crippen LogP contribution in [-0.2, 0) is 0 Å². The molecule has 0 aliphatic heterocycles. The number of aromatic nitrogens is 2. The minimum atomic E-state index is -0.930. The van der Waals surface area contributed by atoms with Gasteiger partial charge in [-0.15, -0.1) is 0 Å². The van der Waals surface area contributed by atoms with Gasteiger partial charge in [0, 0.05) is 23.6 Å². The monoisotopic (exact) mass is 390 g/mol. The van der Waals surface area contributed by atoms with Crippen LogP contribution in [0.25, 0.3) is 0 Å². The number of anilines is 4. The predicted octanol–water partition coefficient (Wildman–Crippen LogP) is 6.03. The first-order chi connectivity index (χ1) is 14.2. The van der Waals surface area contributed by atoms with Crippen molar-refractivity contribution in [2.24, 2.45) is 0 Å². The summed E-state index contributed by atoms with van der Waals surface area (Å²) in [6.45, 7) is 0. The van der Waals surface area contributed by atoms with Crippen LogP contribution in [0.5, 0.6) is 11.5 Å². The second-order valence-electron chi connectivity index (χ2n) is 6.08. The van der Waals surface area contributed by atoms with Crippen LogP contribution in [-0.4, -0.2) is 9.97 Å². The second-order valence-corrected chi connectivity index (χ2v) is 6.08. The first-order valence-electron chi connectivity index (χ1n) is 8.81. The van der Waals surface area contributed by atoms with Gasteiger partial charge in [0.2, 0.25) is 5.95 Å². The van der Waals surface area contributed by atoms with Crippen LogP contribution in [0.3, 0.4) is 0 Å². The van der Waals surface area contributed by atoms with E-state index >= 15 is 0 Å². The number of rotatable bonds is 6. The third-order valence-corrected chi connectivity index (χ3v) is 3.94. The number of hydrogen-bond donors (Lipinski definition) is 2. The predicted molar refractivity (Wildman–Crippen MR) is 108 cm³/mol. The van der Waals surface area contributed by atoms with E-state index in [9.17, 15) is 8.78 Å². The molecule has 0 radical (unpaired) electrons. The molecule has 1 heterocycles. The molecular formula is C22H16F2N4O. The van der Waals surface area contributed by atoms with E-state index in [-0.39, 0.29) is 0 Å². The Morgan fingerprint density at radius 2 is 1.41 bits per heavy atom. The molecule has 144 valence electrons. The number of ether oxygens (including phenoxy) is 1. The SMILES string of the molecule is Fc1ccc(Nc2ccnc(Nc3ccc(Oc4ccccc4)cc3)n2)cc1F. The molecule has 0 atom stereocenters. The summed E-state index contributed by atoms with van der Waals surface area (Å²) in [6, 6.07) is 22.0. The highest BCUT2D eigenvalue weighted by Gasteiger charge is 2.05. The summed E-state index contributed by atoms with van der Waals surface area (Å²) in [7, 11) is 0. The van der Waals surface area contributed by atoms with Crippen LogP contribution >= 0.6 is 0 Å². The molecule has 4 aromatic rings. The Balaban J connectivity index is 1.43. The normalized spacial score (nSPS) is 10.4. The maximum absolute atomic E-state index is 13.3. The summed E-state index contributed by atoms with van der Waals surface area (Å²) >= 11 is 0. The van der Waals surface area contributed by atoms with Gasteiger partial charge in [-0.1, -0.05) is 18.2 Å².